The zero-order valence-electron chi connectivity index (χ0n) is 36.1. The fourth-order valence-electron chi connectivity index (χ4n) is 9.71. The summed E-state index contributed by atoms with van der Waals surface area (Å²) >= 11 is 11.9. The molecule has 4 N–H and O–H groups in total. The highest BCUT2D eigenvalue weighted by atomic mass is 35.5. The van der Waals surface area contributed by atoms with Crippen molar-refractivity contribution in [3.8, 4) is 0 Å². The van der Waals surface area contributed by atoms with Gasteiger partial charge in [0, 0.05) is 24.2 Å². The smallest absolute Gasteiger partial charge is 0.408 e. The van der Waals surface area contributed by atoms with E-state index in [1.165, 1.54) is 19.1 Å². The summed E-state index contributed by atoms with van der Waals surface area (Å²) in [5, 5.41) is 40.3. The van der Waals surface area contributed by atoms with Gasteiger partial charge in [-0.25, -0.2) is 9.59 Å². The van der Waals surface area contributed by atoms with Crippen LogP contribution in [0.4, 0.5) is 4.79 Å². The molecule has 0 spiro atoms. The standard InChI is InChI=1S/C45H55Cl2NO15/c1-24-27(58-23-59-39(53)33(25-14-10-8-11-15-25)48-40(54)63-41(2,3)4)19-45(56)37(62-38(52)26-16-12-9-13-17-26)35-43(7,28(60-30(49)20-46)18-29-44(35,55)22-57-29)36(51)34(61-31(50)21-47)32(24)42(45,5)6/h8-17,27-29,33-35,37,39,53,55-56H,18-23H2,1-7H3,(H,48,54)/t27-,28-,29+,33-,34+,35?,37-,39-,43+,44-,45+/m0/s1. The maximum absolute atomic E-state index is 15.6. The Hall–Kier alpha value is -4.13. The second kappa shape index (κ2) is 18.4. The Kier molecular flexibility index (Phi) is 14.1. The van der Waals surface area contributed by atoms with Gasteiger partial charge in [-0.3, -0.25) is 14.4 Å². The predicted octanol–water partition coefficient (Wildman–Crippen LogP) is 4.67. The van der Waals surface area contributed by atoms with Crippen LogP contribution in [-0.4, -0.2) is 124 Å². The Balaban J connectivity index is 1.47. The SMILES string of the molecule is CC1=C2[C@@H](OC(=O)CCl)C(=O)[C@@]3(C)C([C@H](OC(=O)c4ccccc4)[C@](O)(C[C@@H]1OCO[C@H](O)[C@@H](NC(=O)OC(C)(C)C)c1ccccc1)C2(C)C)[C@]1(O)CO[C@@H]1C[C@@H]3OC(=O)CCl. The first-order chi connectivity index (χ1) is 29.5. The van der Waals surface area contributed by atoms with Crippen molar-refractivity contribution in [1.29, 1.82) is 0 Å². The number of carbonyl (C=O) groups is 5. The summed E-state index contributed by atoms with van der Waals surface area (Å²) in [4.78, 5) is 68.9. The van der Waals surface area contributed by atoms with Gasteiger partial charge in [-0.2, -0.15) is 0 Å². The number of amides is 1. The van der Waals surface area contributed by atoms with Crippen LogP contribution in [-0.2, 0) is 47.5 Å². The molecule has 63 heavy (non-hydrogen) atoms. The fourth-order valence-corrected chi connectivity index (χ4v) is 9.84. The zero-order chi connectivity index (χ0) is 46.3. The Morgan fingerprint density at radius 2 is 1.52 bits per heavy atom. The summed E-state index contributed by atoms with van der Waals surface area (Å²) < 4.78 is 41.4. The van der Waals surface area contributed by atoms with Crippen molar-refractivity contribution in [3.63, 3.8) is 0 Å². The van der Waals surface area contributed by atoms with Gasteiger partial charge in [-0.1, -0.05) is 62.4 Å². The molecule has 1 heterocycles. The van der Waals surface area contributed by atoms with Gasteiger partial charge in [0.05, 0.1) is 29.8 Å². The summed E-state index contributed by atoms with van der Waals surface area (Å²) in [7, 11) is 0. The van der Waals surface area contributed by atoms with Crippen LogP contribution in [0, 0.1) is 16.7 Å². The molecule has 18 heteroatoms. The summed E-state index contributed by atoms with van der Waals surface area (Å²) in [6.07, 6.45) is -10.4. The van der Waals surface area contributed by atoms with Gasteiger partial charge in [0.15, 0.2) is 25.0 Å². The number of benzene rings is 2. The van der Waals surface area contributed by atoms with Gasteiger partial charge in [0.25, 0.3) is 0 Å². The van der Waals surface area contributed by atoms with Crippen molar-refractivity contribution in [1.82, 2.24) is 5.32 Å². The number of esters is 3. The summed E-state index contributed by atoms with van der Waals surface area (Å²) in [5.41, 5.74) is -7.90. The highest BCUT2D eigenvalue weighted by Crippen LogP contribution is 2.64. The first-order valence-electron chi connectivity index (χ1n) is 20.6. The molecule has 1 amide bonds. The molecule has 16 nitrogen and oxygen atoms in total. The zero-order valence-corrected chi connectivity index (χ0v) is 37.6. The lowest BCUT2D eigenvalue weighted by atomic mass is 9.44. The van der Waals surface area contributed by atoms with Crippen molar-refractivity contribution in [2.24, 2.45) is 16.7 Å². The van der Waals surface area contributed by atoms with Gasteiger partial charge < -0.3 is 53.8 Å². The number of fused-ring (bicyclic) bond motifs is 5. The molecule has 2 aromatic rings. The van der Waals surface area contributed by atoms with Gasteiger partial charge in [-0.15, -0.1) is 23.2 Å². The topological polar surface area (TPSA) is 223 Å². The van der Waals surface area contributed by atoms with E-state index in [-0.39, 0.29) is 30.6 Å². The number of ketones is 1. The van der Waals surface area contributed by atoms with E-state index in [1.54, 1.807) is 90.1 Å². The average molecular weight is 921 g/mol. The third-order valence-corrected chi connectivity index (χ3v) is 13.4. The van der Waals surface area contributed by atoms with E-state index in [0.717, 1.165) is 0 Å². The van der Waals surface area contributed by atoms with Gasteiger partial charge in [0.1, 0.15) is 46.8 Å². The highest BCUT2D eigenvalue weighted by Gasteiger charge is 2.77. The summed E-state index contributed by atoms with van der Waals surface area (Å²) in [6.45, 7) is 10.2. The van der Waals surface area contributed by atoms with Crippen molar-refractivity contribution in [2.45, 2.75) is 121 Å². The minimum absolute atomic E-state index is 0.0563. The Labute approximate surface area is 375 Å². The number of nitrogens with one attached hydrogen (secondary N) is 1. The molecular weight excluding hydrogens is 865 g/mol. The second-order valence-corrected chi connectivity index (χ2v) is 18.7. The van der Waals surface area contributed by atoms with E-state index in [4.69, 9.17) is 56.4 Å². The van der Waals surface area contributed by atoms with E-state index in [2.05, 4.69) is 5.32 Å². The number of ether oxygens (including phenoxy) is 7. The minimum atomic E-state index is -2.30. The molecule has 11 atom stereocenters. The van der Waals surface area contributed by atoms with E-state index >= 15 is 4.79 Å². The molecule has 2 aromatic carbocycles. The molecule has 344 valence electrons. The molecule has 2 saturated carbocycles. The van der Waals surface area contributed by atoms with Crippen molar-refractivity contribution < 1.29 is 72.5 Å². The van der Waals surface area contributed by atoms with Crippen molar-refractivity contribution >= 4 is 53.0 Å². The first kappa shape index (κ1) is 48.3. The Morgan fingerprint density at radius 3 is 2.10 bits per heavy atom. The number of hydrogen-bond donors (Lipinski definition) is 4. The number of carbonyl (C=O) groups excluding carboxylic acids is 5. The summed E-state index contributed by atoms with van der Waals surface area (Å²) in [6, 6.07) is 15.2. The Bertz CT molecular complexity index is 2080. The van der Waals surface area contributed by atoms with E-state index in [1.807, 2.05) is 0 Å². The average Bonchev–Trinajstić information content (AvgIpc) is 3.23. The molecule has 1 saturated heterocycles. The molecule has 4 aliphatic rings. The lowest BCUT2D eigenvalue weighted by Gasteiger charge is -2.67. The third-order valence-electron chi connectivity index (χ3n) is 12.9. The van der Waals surface area contributed by atoms with Crippen LogP contribution in [0.2, 0.25) is 0 Å². The number of aliphatic hydroxyl groups is 3. The number of alkyl halides is 2. The molecule has 6 rings (SSSR count). The van der Waals surface area contributed by atoms with E-state index in [0.29, 0.717) is 11.1 Å². The van der Waals surface area contributed by atoms with Crippen LogP contribution in [0.25, 0.3) is 0 Å². The van der Waals surface area contributed by atoms with E-state index in [9.17, 15) is 34.5 Å². The monoisotopic (exact) mass is 919 g/mol. The molecule has 1 unspecified atom stereocenters. The molecular formula is C45H55Cl2NO15. The maximum atomic E-state index is 15.6. The number of Topliss-reactive ketones (excluding diaryl/α,β-unsaturated/α-hetero) is 1. The minimum Gasteiger partial charge on any atom is -0.460 e. The Morgan fingerprint density at radius 1 is 0.921 bits per heavy atom. The molecule has 3 fully saturated rings. The van der Waals surface area contributed by atoms with Crippen molar-refractivity contribution in [3.05, 3.63) is 82.9 Å². The molecule has 3 aliphatic carbocycles. The lowest BCUT2D eigenvalue weighted by molar-refractivity contribution is -0.344. The van der Waals surface area contributed by atoms with Crippen LogP contribution in [0.3, 0.4) is 0 Å². The number of hydrogen-bond acceptors (Lipinski definition) is 15. The molecule has 2 bridgehead atoms. The predicted molar refractivity (Wildman–Crippen MR) is 224 cm³/mol. The number of rotatable bonds is 13. The number of halogens is 2. The fraction of sp³-hybridized carbons (Fsp3) is 0.578. The molecule has 1 aliphatic heterocycles. The van der Waals surface area contributed by atoms with Crippen LogP contribution in [0.1, 0.15) is 83.3 Å². The molecule has 0 radical (unpaired) electrons. The third kappa shape index (κ3) is 9.10. The highest BCUT2D eigenvalue weighted by molar-refractivity contribution is 6.26. The van der Waals surface area contributed by atoms with Crippen molar-refractivity contribution in [2.75, 3.05) is 25.2 Å². The second-order valence-electron chi connectivity index (χ2n) is 18.2. The normalized spacial score (nSPS) is 32.0. The quantitative estimate of drug-likeness (QED) is 0.0705. The first-order valence-corrected chi connectivity index (χ1v) is 21.6. The van der Waals surface area contributed by atoms with E-state index < -0.39 is 125 Å². The van der Waals surface area contributed by atoms with Gasteiger partial charge in [0.2, 0.25) is 0 Å². The van der Waals surface area contributed by atoms with Gasteiger partial charge >= 0.3 is 24.0 Å². The lowest BCUT2D eigenvalue weighted by Crippen LogP contribution is -2.81. The maximum Gasteiger partial charge on any atom is 0.408 e. The van der Waals surface area contributed by atoms with Crippen LogP contribution in [0.15, 0.2) is 71.8 Å². The van der Waals surface area contributed by atoms with Gasteiger partial charge in [-0.05, 0) is 63.5 Å². The van der Waals surface area contributed by atoms with Crippen LogP contribution < -0.4 is 5.32 Å². The largest absolute Gasteiger partial charge is 0.460 e. The summed E-state index contributed by atoms with van der Waals surface area (Å²) in [5.74, 6) is -6.53. The number of aliphatic hydroxyl groups excluding tert-OH is 1. The van der Waals surface area contributed by atoms with Crippen LogP contribution in [0.5, 0.6) is 0 Å². The van der Waals surface area contributed by atoms with Crippen LogP contribution >= 0.6 is 23.2 Å². The number of alkyl carbamates (subject to hydrolysis) is 1. The molecule has 0 aromatic heterocycles.